The van der Waals surface area contributed by atoms with Gasteiger partial charge in [-0.2, -0.15) is 17.7 Å². The average Bonchev–Trinajstić information content (AvgIpc) is 1.25. The summed E-state index contributed by atoms with van der Waals surface area (Å²) in [4.78, 5) is 0. The van der Waals surface area contributed by atoms with E-state index in [1.54, 1.807) is 0 Å². The van der Waals surface area contributed by atoms with Gasteiger partial charge in [-0.25, -0.2) is 0 Å². The molecule has 60 valence electrons. The van der Waals surface area contributed by atoms with Crippen molar-refractivity contribution < 1.29 is 26.6 Å². The monoisotopic (exact) mass is 236 g/mol. The standard InChI is InChI=1S/Ca.2H2O3S.H2S/c;2*1-4(2)3;/h;2*(H2,1,2,3);1H2/q+2;;;/p-2. The number of hydrogen-bond donors (Lipinski definition) is 2. The fourth-order valence-corrected chi connectivity index (χ4v) is 0. The van der Waals surface area contributed by atoms with E-state index >= 15 is 0 Å². The molecule has 0 spiro atoms. The van der Waals surface area contributed by atoms with E-state index in [0.29, 0.717) is 0 Å². The van der Waals surface area contributed by atoms with Crippen LogP contribution in [-0.4, -0.2) is 64.4 Å². The molecule has 0 aromatic heterocycles. The van der Waals surface area contributed by atoms with Gasteiger partial charge in [-0.15, -0.1) is 11.4 Å². The van der Waals surface area contributed by atoms with Crippen LogP contribution in [0.3, 0.4) is 0 Å². The topological polar surface area (TPSA) is 121 Å². The third-order valence-corrected chi connectivity index (χ3v) is 0. The van der Waals surface area contributed by atoms with Crippen molar-refractivity contribution in [2.75, 3.05) is 0 Å². The molecule has 0 heterocycles. The van der Waals surface area contributed by atoms with Crippen LogP contribution in [0.1, 0.15) is 0 Å². The van der Waals surface area contributed by atoms with Gasteiger partial charge in [0.05, 0.1) is 0 Å². The minimum absolute atomic E-state index is 0. The van der Waals surface area contributed by atoms with E-state index in [9.17, 15) is 0 Å². The second-order valence-electron chi connectivity index (χ2n) is 0.435. The maximum absolute atomic E-state index is 8.67. The Morgan fingerprint density at radius 1 is 1.10 bits per heavy atom. The fraction of sp³-hybridized carbons (Fsp3) is 0. The normalized spacial score (nSPS) is 7.00. The Kier molecular flexibility index (Phi) is 38.5. The van der Waals surface area contributed by atoms with Crippen LogP contribution in [0.5, 0.6) is 0 Å². The van der Waals surface area contributed by atoms with Crippen LogP contribution >= 0.6 is 13.5 Å². The molecule has 0 atom stereocenters. The van der Waals surface area contributed by atoms with Crippen LogP contribution in [0, 0.1) is 0 Å². The van der Waals surface area contributed by atoms with Crippen molar-refractivity contribution in [1.29, 1.82) is 0 Å². The molecule has 2 N–H and O–H groups in total. The molecule has 0 rings (SSSR count). The molecule has 0 radical (unpaired) electrons. The summed E-state index contributed by atoms with van der Waals surface area (Å²) >= 11 is -5.72. The minimum Gasteiger partial charge on any atom is -0.784 e. The second-order valence-corrected chi connectivity index (χ2v) is 1.30. The minimum atomic E-state index is -3.11. The maximum atomic E-state index is 8.67. The van der Waals surface area contributed by atoms with Crippen molar-refractivity contribution in [1.82, 2.24) is 0 Å². The van der Waals surface area contributed by atoms with Gasteiger partial charge in [0.2, 0.25) is 0 Å². The Bertz CT molecular complexity index is 71.0. The first-order valence-electron chi connectivity index (χ1n) is 1.03. The molecule has 0 aromatic rings. The van der Waals surface area contributed by atoms with Crippen LogP contribution in [-0.2, 0) is 22.7 Å². The predicted molar refractivity (Wildman–Crippen MR) is 39.2 cm³/mol. The quantitative estimate of drug-likeness (QED) is 0.386. The summed E-state index contributed by atoms with van der Waals surface area (Å²) in [5.74, 6) is 0. The van der Waals surface area contributed by atoms with Crippen molar-refractivity contribution in [3.05, 3.63) is 0 Å². The van der Waals surface area contributed by atoms with E-state index < -0.39 is 22.7 Å². The third-order valence-electron chi connectivity index (χ3n) is 0. The largest absolute Gasteiger partial charge is 2.00 e. The van der Waals surface area contributed by atoms with E-state index in [2.05, 4.69) is 0 Å². The molecule has 0 aliphatic carbocycles. The molecule has 0 aromatic carbocycles. The molecule has 10 heavy (non-hydrogen) atoms. The summed E-state index contributed by atoms with van der Waals surface area (Å²) < 4.78 is 48.2. The van der Waals surface area contributed by atoms with E-state index in [-0.39, 0.29) is 51.2 Å². The first kappa shape index (κ1) is 22.6. The third kappa shape index (κ3) is 244. The van der Waals surface area contributed by atoms with Gasteiger partial charge in [-0.1, -0.05) is 0 Å². The summed E-state index contributed by atoms with van der Waals surface area (Å²) in [5, 5.41) is 0. The van der Waals surface area contributed by atoms with E-state index in [1.807, 2.05) is 0 Å². The van der Waals surface area contributed by atoms with E-state index in [0.717, 1.165) is 0 Å². The molecule has 0 amide bonds. The molecule has 0 saturated heterocycles. The van der Waals surface area contributed by atoms with Gasteiger partial charge in [-0.3, -0.25) is 13.3 Å². The Morgan fingerprint density at radius 2 is 1.10 bits per heavy atom. The summed E-state index contributed by atoms with van der Waals surface area (Å²) in [5.41, 5.74) is 0. The Labute approximate surface area is 99.5 Å². The maximum Gasteiger partial charge on any atom is 2.00 e. The molecular formula is H4CaO6S3. The van der Waals surface area contributed by atoms with Crippen LogP contribution in [0.15, 0.2) is 0 Å². The molecule has 10 heteroatoms. The Hall–Kier alpha value is 1.75. The molecule has 0 unspecified atom stereocenters. The van der Waals surface area contributed by atoms with Gasteiger partial charge in [0.15, 0.2) is 0 Å². The zero-order valence-electron chi connectivity index (χ0n) is 4.55. The number of hydrogen-bond acceptors (Lipinski definition) is 4. The summed E-state index contributed by atoms with van der Waals surface area (Å²) in [6.07, 6.45) is 0. The zero-order chi connectivity index (χ0) is 7.15. The van der Waals surface area contributed by atoms with Gasteiger partial charge in [-0.05, 0) is 0 Å². The first-order valence-corrected chi connectivity index (χ1v) is 3.10. The Balaban J connectivity index is -0.0000000300. The second kappa shape index (κ2) is 17.0. The molecule has 0 aliphatic rings. The average molecular weight is 236 g/mol. The van der Waals surface area contributed by atoms with Gasteiger partial charge >= 0.3 is 37.7 Å². The smallest absolute Gasteiger partial charge is 0.784 e. The molecular weight excluding hydrogens is 232 g/mol. The Morgan fingerprint density at radius 3 is 1.10 bits per heavy atom. The summed E-state index contributed by atoms with van der Waals surface area (Å²) in [6.45, 7) is 0. The first-order chi connectivity index (χ1) is 3.46. The number of rotatable bonds is 0. The summed E-state index contributed by atoms with van der Waals surface area (Å²) in [6, 6.07) is 0. The van der Waals surface area contributed by atoms with Crippen LogP contribution in [0.4, 0.5) is 0 Å². The predicted octanol–water partition coefficient (Wildman–Crippen LogP) is -1.59. The fourth-order valence-electron chi connectivity index (χ4n) is 0. The van der Waals surface area contributed by atoms with Gasteiger partial charge in [0.1, 0.15) is 0 Å². The van der Waals surface area contributed by atoms with Crippen LogP contribution < -0.4 is 0 Å². The molecule has 0 bridgehead atoms. The molecule has 0 fully saturated rings. The molecule has 6 nitrogen and oxygen atoms in total. The van der Waals surface area contributed by atoms with Gasteiger partial charge in [0, 0.05) is 0 Å². The van der Waals surface area contributed by atoms with Crippen LogP contribution in [0.25, 0.3) is 0 Å². The molecule has 0 aliphatic heterocycles. The van der Waals surface area contributed by atoms with Crippen molar-refractivity contribution in [2.24, 2.45) is 0 Å². The molecule has 0 saturated carbocycles. The van der Waals surface area contributed by atoms with Gasteiger partial charge in [0.25, 0.3) is 11.4 Å². The summed E-state index contributed by atoms with van der Waals surface area (Å²) in [7, 11) is 0. The van der Waals surface area contributed by atoms with E-state index in [4.69, 9.17) is 26.6 Å². The van der Waals surface area contributed by atoms with Crippen molar-refractivity contribution >= 4 is 74.0 Å². The van der Waals surface area contributed by atoms with Crippen LogP contribution in [0.2, 0.25) is 0 Å². The van der Waals surface area contributed by atoms with Crippen molar-refractivity contribution in [3.63, 3.8) is 0 Å². The zero-order valence-corrected chi connectivity index (χ0v) is 9.39. The van der Waals surface area contributed by atoms with Gasteiger partial charge < -0.3 is 9.11 Å². The van der Waals surface area contributed by atoms with Crippen molar-refractivity contribution in [3.8, 4) is 0 Å². The van der Waals surface area contributed by atoms with Crippen molar-refractivity contribution in [2.45, 2.75) is 0 Å². The SMILES string of the molecule is O=S(O)O.O=S([O-])[O-].S.[Ca+2]. The van der Waals surface area contributed by atoms with E-state index in [1.165, 1.54) is 0 Å².